The fourth-order valence-electron chi connectivity index (χ4n) is 4.26. The molecule has 2 heterocycles. The molecule has 0 N–H and O–H groups in total. The summed E-state index contributed by atoms with van der Waals surface area (Å²) >= 11 is 0. The molecule has 1 amide bonds. The van der Waals surface area contributed by atoms with Crippen molar-refractivity contribution in [2.24, 2.45) is 0 Å². The standard InChI is InChI=1S/C24H29N3O2/c1-18-9-7-10-20(17-18)29-16-6-5-14-27-22-12-4-3-11-21(22)25-24(27)23-13-8-15-26(23)19(2)28/h3-4,7,9-12,17,23H,5-6,8,13-16H2,1-2H3/t23-/m0/s1. The third kappa shape index (κ3) is 4.29. The highest BCUT2D eigenvalue weighted by atomic mass is 16.5. The molecular weight excluding hydrogens is 362 g/mol. The highest BCUT2D eigenvalue weighted by molar-refractivity contribution is 5.77. The summed E-state index contributed by atoms with van der Waals surface area (Å²) in [5.41, 5.74) is 3.37. The van der Waals surface area contributed by atoms with Gasteiger partial charge in [-0.05, 0) is 62.4 Å². The van der Waals surface area contributed by atoms with Gasteiger partial charge < -0.3 is 14.2 Å². The predicted molar refractivity (Wildman–Crippen MR) is 115 cm³/mol. The van der Waals surface area contributed by atoms with Crippen molar-refractivity contribution in [3.05, 3.63) is 59.9 Å². The molecular formula is C24H29N3O2. The predicted octanol–water partition coefficient (Wildman–Crippen LogP) is 4.89. The smallest absolute Gasteiger partial charge is 0.220 e. The van der Waals surface area contributed by atoms with Gasteiger partial charge in [-0.15, -0.1) is 0 Å². The number of hydrogen-bond acceptors (Lipinski definition) is 3. The summed E-state index contributed by atoms with van der Waals surface area (Å²) in [6, 6.07) is 16.5. The SMILES string of the molecule is CC(=O)N1CCC[C@H]1c1nc2ccccc2n1CCCCOc1cccc(C)c1. The van der Waals surface area contributed by atoms with Gasteiger partial charge in [0.25, 0.3) is 0 Å². The summed E-state index contributed by atoms with van der Waals surface area (Å²) in [4.78, 5) is 19.0. The maximum Gasteiger partial charge on any atom is 0.220 e. The fraction of sp³-hybridized carbons (Fsp3) is 0.417. The molecule has 4 rings (SSSR count). The fourth-order valence-corrected chi connectivity index (χ4v) is 4.26. The molecule has 0 unspecified atom stereocenters. The number of hydrogen-bond donors (Lipinski definition) is 0. The van der Waals surface area contributed by atoms with E-state index >= 15 is 0 Å². The monoisotopic (exact) mass is 391 g/mol. The number of nitrogens with zero attached hydrogens (tertiary/aromatic N) is 3. The maximum absolute atomic E-state index is 12.1. The normalized spacial score (nSPS) is 16.5. The van der Waals surface area contributed by atoms with Crippen LogP contribution in [0.1, 0.15) is 50.0 Å². The average Bonchev–Trinajstić information content (AvgIpc) is 3.32. The Bertz CT molecular complexity index is 995. The number of para-hydroxylation sites is 2. The van der Waals surface area contributed by atoms with E-state index in [9.17, 15) is 4.79 Å². The Labute approximate surface area is 172 Å². The molecule has 1 aliphatic heterocycles. The number of imidazole rings is 1. The lowest BCUT2D eigenvalue weighted by Gasteiger charge is -2.24. The topological polar surface area (TPSA) is 47.4 Å². The van der Waals surface area contributed by atoms with Crippen molar-refractivity contribution in [1.29, 1.82) is 0 Å². The van der Waals surface area contributed by atoms with E-state index in [2.05, 4.69) is 41.8 Å². The molecule has 1 aromatic heterocycles. The number of unbranched alkanes of at least 4 members (excludes halogenated alkanes) is 1. The first kappa shape index (κ1) is 19.5. The van der Waals surface area contributed by atoms with Crippen molar-refractivity contribution in [1.82, 2.24) is 14.5 Å². The van der Waals surface area contributed by atoms with E-state index < -0.39 is 0 Å². The molecule has 0 aliphatic carbocycles. The quantitative estimate of drug-likeness (QED) is 0.539. The third-order valence-electron chi connectivity index (χ3n) is 5.67. The zero-order chi connectivity index (χ0) is 20.2. The van der Waals surface area contributed by atoms with Crippen LogP contribution in [0.3, 0.4) is 0 Å². The number of rotatable bonds is 7. The lowest BCUT2D eigenvalue weighted by atomic mass is 10.2. The number of fused-ring (bicyclic) bond motifs is 1. The van der Waals surface area contributed by atoms with Gasteiger partial charge in [-0.2, -0.15) is 0 Å². The number of carbonyl (C=O) groups excluding carboxylic acids is 1. The molecule has 3 aromatic rings. The summed E-state index contributed by atoms with van der Waals surface area (Å²) in [7, 11) is 0. The van der Waals surface area contributed by atoms with Crippen LogP contribution in [0.15, 0.2) is 48.5 Å². The number of amides is 1. The highest BCUT2D eigenvalue weighted by Crippen LogP contribution is 2.33. The molecule has 0 spiro atoms. The first-order valence-corrected chi connectivity index (χ1v) is 10.6. The summed E-state index contributed by atoms with van der Waals surface area (Å²) in [5.74, 6) is 2.10. The van der Waals surface area contributed by atoms with Gasteiger partial charge in [0.2, 0.25) is 5.91 Å². The summed E-state index contributed by atoms with van der Waals surface area (Å²) in [6.45, 7) is 6.15. The van der Waals surface area contributed by atoms with Gasteiger partial charge in [0.15, 0.2) is 0 Å². The van der Waals surface area contributed by atoms with Crippen molar-refractivity contribution < 1.29 is 9.53 Å². The molecule has 29 heavy (non-hydrogen) atoms. The minimum Gasteiger partial charge on any atom is -0.494 e. The first-order chi connectivity index (χ1) is 14.1. The lowest BCUT2D eigenvalue weighted by molar-refractivity contribution is -0.129. The summed E-state index contributed by atoms with van der Waals surface area (Å²) < 4.78 is 8.21. The second-order valence-electron chi connectivity index (χ2n) is 7.85. The minimum absolute atomic E-state index is 0.0865. The Kier molecular flexibility index (Phi) is 5.84. The van der Waals surface area contributed by atoms with Crippen LogP contribution >= 0.6 is 0 Å². The Morgan fingerprint density at radius 1 is 1.17 bits per heavy atom. The molecule has 1 saturated heterocycles. The van der Waals surface area contributed by atoms with Gasteiger partial charge in [-0.25, -0.2) is 4.98 Å². The first-order valence-electron chi connectivity index (χ1n) is 10.6. The Hall–Kier alpha value is -2.82. The van der Waals surface area contributed by atoms with Crippen LogP contribution in [0.4, 0.5) is 0 Å². The van der Waals surface area contributed by atoms with Crippen molar-refractivity contribution in [3.63, 3.8) is 0 Å². The van der Waals surface area contributed by atoms with Crippen LogP contribution < -0.4 is 4.74 Å². The lowest BCUT2D eigenvalue weighted by Crippen LogP contribution is -2.30. The second kappa shape index (κ2) is 8.68. The van der Waals surface area contributed by atoms with E-state index in [1.807, 2.05) is 23.1 Å². The number of likely N-dealkylation sites (tertiary alicyclic amines) is 1. The zero-order valence-corrected chi connectivity index (χ0v) is 17.3. The molecule has 1 fully saturated rings. The van der Waals surface area contributed by atoms with Crippen molar-refractivity contribution in [3.8, 4) is 5.75 Å². The number of carbonyl (C=O) groups is 1. The number of ether oxygens (including phenoxy) is 1. The van der Waals surface area contributed by atoms with Crippen LogP contribution in [-0.2, 0) is 11.3 Å². The van der Waals surface area contributed by atoms with Crippen molar-refractivity contribution >= 4 is 16.9 Å². The van der Waals surface area contributed by atoms with E-state index in [1.165, 1.54) is 5.56 Å². The van der Waals surface area contributed by atoms with Gasteiger partial charge in [0.05, 0.1) is 23.7 Å². The Morgan fingerprint density at radius 3 is 2.86 bits per heavy atom. The molecule has 5 nitrogen and oxygen atoms in total. The summed E-state index contributed by atoms with van der Waals surface area (Å²) in [5, 5.41) is 0. The van der Waals surface area contributed by atoms with Crippen LogP contribution in [0, 0.1) is 6.92 Å². The molecule has 0 bridgehead atoms. The second-order valence-corrected chi connectivity index (χ2v) is 7.85. The third-order valence-corrected chi connectivity index (χ3v) is 5.67. The molecule has 2 aromatic carbocycles. The summed E-state index contributed by atoms with van der Waals surface area (Å²) in [6.07, 6.45) is 4.00. The Morgan fingerprint density at radius 2 is 2.03 bits per heavy atom. The van der Waals surface area contributed by atoms with Gasteiger partial charge in [-0.1, -0.05) is 24.3 Å². The molecule has 0 radical (unpaired) electrons. The van der Waals surface area contributed by atoms with Crippen LogP contribution in [0.5, 0.6) is 5.75 Å². The van der Waals surface area contributed by atoms with Crippen LogP contribution in [0.2, 0.25) is 0 Å². The van der Waals surface area contributed by atoms with Gasteiger partial charge >= 0.3 is 0 Å². The van der Waals surface area contributed by atoms with E-state index in [-0.39, 0.29) is 11.9 Å². The Balaban J connectivity index is 1.45. The highest BCUT2D eigenvalue weighted by Gasteiger charge is 2.31. The maximum atomic E-state index is 12.1. The van der Waals surface area contributed by atoms with E-state index in [4.69, 9.17) is 9.72 Å². The van der Waals surface area contributed by atoms with E-state index in [1.54, 1.807) is 6.92 Å². The number of aryl methyl sites for hydroxylation is 2. The largest absolute Gasteiger partial charge is 0.494 e. The van der Waals surface area contributed by atoms with Crippen LogP contribution in [0.25, 0.3) is 11.0 Å². The zero-order valence-electron chi connectivity index (χ0n) is 17.3. The van der Waals surface area contributed by atoms with E-state index in [0.29, 0.717) is 6.61 Å². The number of benzene rings is 2. The van der Waals surface area contributed by atoms with Gasteiger partial charge in [0.1, 0.15) is 11.6 Å². The van der Waals surface area contributed by atoms with Crippen LogP contribution in [-0.4, -0.2) is 33.5 Å². The molecule has 0 saturated carbocycles. The molecule has 1 aliphatic rings. The molecule has 152 valence electrons. The molecule has 5 heteroatoms. The minimum atomic E-state index is 0.0865. The van der Waals surface area contributed by atoms with Crippen molar-refractivity contribution in [2.75, 3.05) is 13.2 Å². The van der Waals surface area contributed by atoms with Gasteiger partial charge in [-0.3, -0.25) is 4.79 Å². The average molecular weight is 392 g/mol. The van der Waals surface area contributed by atoms with E-state index in [0.717, 1.165) is 61.4 Å². The number of aromatic nitrogens is 2. The molecule has 1 atom stereocenters. The van der Waals surface area contributed by atoms with Gasteiger partial charge in [0, 0.05) is 20.0 Å². The van der Waals surface area contributed by atoms with Crippen molar-refractivity contribution in [2.45, 2.75) is 52.1 Å².